The van der Waals surface area contributed by atoms with Crippen LogP contribution in [-0.4, -0.2) is 35.1 Å². The van der Waals surface area contributed by atoms with Crippen LogP contribution in [0.3, 0.4) is 0 Å². The summed E-state index contributed by atoms with van der Waals surface area (Å²) in [5.41, 5.74) is 4.99. The van der Waals surface area contributed by atoms with Crippen LogP contribution >= 0.6 is 0 Å². The van der Waals surface area contributed by atoms with Gasteiger partial charge in [-0.25, -0.2) is 13.8 Å². The first-order valence-electron chi connectivity index (χ1n) is 11.1. The molecule has 3 aromatic rings. The van der Waals surface area contributed by atoms with Crippen LogP contribution in [0.1, 0.15) is 52.2 Å². The molecule has 3 heterocycles. The lowest BCUT2D eigenvalue weighted by Crippen LogP contribution is -2.30. The fraction of sp³-hybridized carbons (Fsp3) is 0.400. The molecule has 1 amide bonds. The van der Waals surface area contributed by atoms with Crippen molar-refractivity contribution in [3.05, 3.63) is 58.6 Å². The molecular weight excluding hydrogens is 426 g/mol. The highest BCUT2D eigenvalue weighted by molar-refractivity contribution is 6.09. The molecule has 174 valence electrons. The first-order chi connectivity index (χ1) is 15.7. The maximum atomic E-state index is 14.0. The first kappa shape index (κ1) is 22.9. The lowest BCUT2D eigenvalue weighted by molar-refractivity contribution is -0.0102. The molecular formula is C25H28F2N4O2. The van der Waals surface area contributed by atoms with Gasteiger partial charge in [0.15, 0.2) is 0 Å². The van der Waals surface area contributed by atoms with Gasteiger partial charge in [0.05, 0.1) is 11.3 Å². The van der Waals surface area contributed by atoms with Crippen molar-refractivity contribution in [1.29, 1.82) is 0 Å². The third-order valence-corrected chi connectivity index (χ3v) is 6.14. The van der Waals surface area contributed by atoms with Crippen molar-refractivity contribution in [1.82, 2.24) is 10.1 Å². The molecule has 1 aliphatic heterocycles. The predicted molar refractivity (Wildman–Crippen MR) is 124 cm³/mol. The van der Waals surface area contributed by atoms with E-state index in [-0.39, 0.29) is 25.3 Å². The van der Waals surface area contributed by atoms with E-state index in [1.54, 1.807) is 11.1 Å². The monoisotopic (exact) mass is 454 g/mol. The number of rotatable bonds is 4. The molecule has 0 unspecified atom stereocenters. The van der Waals surface area contributed by atoms with Gasteiger partial charge >= 0.3 is 0 Å². The molecule has 0 bridgehead atoms. The highest BCUT2D eigenvalue weighted by Gasteiger charge is 2.34. The molecule has 1 aliphatic rings. The Hall–Kier alpha value is -3.29. The molecule has 6 nitrogen and oxygen atoms in total. The van der Waals surface area contributed by atoms with Gasteiger partial charge in [0.25, 0.3) is 5.91 Å². The van der Waals surface area contributed by atoms with Gasteiger partial charge in [-0.15, -0.1) is 0 Å². The molecule has 0 spiro atoms. The second-order valence-electron chi connectivity index (χ2n) is 8.71. The van der Waals surface area contributed by atoms with Crippen molar-refractivity contribution >= 4 is 17.4 Å². The summed E-state index contributed by atoms with van der Waals surface area (Å²) < 4.78 is 33.4. The number of hydrogen-bond donors (Lipinski definition) is 1. The van der Waals surface area contributed by atoms with Crippen LogP contribution in [0, 0.1) is 27.7 Å². The Labute approximate surface area is 192 Å². The summed E-state index contributed by atoms with van der Waals surface area (Å²) in [7, 11) is 0. The molecule has 1 N–H and O–H groups in total. The molecule has 1 aromatic carbocycles. The van der Waals surface area contributed by atoms with Crippen molar-refractivity contribution in [2.24, 2.45) is 0 Å². The zero-order valence-electron chi connectivity index (χ0n) is 19.3. The minimum absolute atomic E-state index is 0.134. The summed E-state index contributed by atoms with van der Waals surface area (Å²) >= 11 is 0. The zero-order valence-corrected chi connectivity index (χ0v) is 19.3. The van der Waals surface area contributed by atoms with E-state index in [0.717, 1.165) is 16.7 Å². The first-order valence-corrected chi connectivity index (χ1v) is 11.1. The number of aromatic nitrogens is 2. The summed E-state index contributed by atoms with van der Waals surface area (Å²) in [5, 5.41) is 6.99. The normalized spacial score (nSPS) is 15.9. The molecule has 8 heteroatoms. The second-order valence-corrected chi connectivity index (χ2v) is 8.71. The average Bonchev–Trinajstić information content (AvgIpc) is 2.96. The van der Waals surface area contributed by atoms with Crippen LogP contribution in [0.25, 0.3) is 11.1 Å². The number of halogens is 2. The third kappa shape index (κ3) is 4.74. The predicted octanol–water partition coefficient (Wildman–Crippen LogP) is 5.85. The van der Waals surface area contributed by atoms with E-state index in [9.17, 15) is 13.6 Å². The molecule has 0 saturated carbocycles. The molecule has 0 atom stereocenters. The maximum Gasteiger partial charge on any atom is 0.259 e. The van der Waals surface area contributed by atoms with E-state index in [0.29, 0.717) is 47.1 Å². The van der Waals surface area contributed by atoms with Crippen LogP contribution in [0.2, 0.25) is 0 Å². The van der Waals surface area contributed by atoms with Crippen LogP contribution in [-0.2, 0) is 0 Å². The largest absolute Gasteiger partial charge is 0.361 e. The number of hydrogen-bond acceptors (Lipinski definition) is 5. The molecule has 4 rings (SSSR count). The lowest BCUT2D eigenvalue weighted by atomic mass is 9.96. The smallest absolute Gasteiger partial charge is 0.259 e. The molecule has 0 radical (unpaired) electrons. The van der Waals surface area contributed by atoms with Crippen LogP contribution in [0.5, 0.6) is 0 Å². The van der Waals surface area contributed by atoms with E-state index in [1.807, 2.05) is 52.0 Å². The number of amides is 1. The Morgan fingerprint density at radius 2 is 1.94 bits per heavy atom. The number of anilines is 2. The summed E-state index contributed by atoms with van der Waals surface area (Å²) in [6.45, 7) is 7.99. The Kier molecular flexibility index (Phi) is 6.19. The molecule has 1 saturated heterocycles. The van der Waals surface area contributed by atoms with Crippen molar-refractivity contribution in [2.75, 3.05) is 23.3 Å². The number of carbonyl (C=O) groups is 1. The van der Waals surface area contributed by atoms with Crippen LogP contribution < -0.4 is 10.2 Å². The molecule has 0 aliphatic carbocycles. The Morgan fingerprint density at radius 1 is 1.15 bits per heavy atom. The van der Waals surface area contributed by atoms with Gasteiger partial charge in [-0.3, -0.25) is 4.79 Å². The quantitative estimate of drug-likeness (QED) is 0.536. The standard InChI is InChI=1S/C25H28F2N4O2/c1-15-7-5-8-19(13-15)29-24(32)21-16(2)20(22-17(3)30-33-18(22)4)14-28-23(21)31-11-6-9-25(26,27)10-12-31/h5,7-8,13-14H,6,9-12H2,1-4H3,(H,29,32). The molecule has 1 fully saturated rings. The highest BCUT2D eigenvalue weighted by atomic mass is 19.3. The lowest BCUT2D eigenvalue weighted by Gasteiger charge is -2.26. The van der Waals surface area contributed by atoms with Crippen LogP contribution in [0.15, 0.2) is 35.0 Å². The highest BCUT2D eigenvalue weighted by Crippen LogP contribution is 2.36. The van der Waals surface area contributed by atoms with Gasteiger partial charge in [0, 0.05) is 48.9 Å². The van der Waals surface area contributed by atoms with E-state index >= 15 is 0 Å². The van der Waals surface area contributed by atoms with E-state index in [2.05, 4.69) is 15.5 Å². The maximum absolute atomic E-state index is 14.0. The van der Waals surface area contributed by atoms with Gasteiger partial charge in [-0.1, -0.05) is 17.3 Å². The van der Waals surface area contributed by atoms with E-state index in [4.69, 9.17) is 4.52 Å². The van der Waals surface area contributed by atoms with E-state index < -0.39 is 5.92 Å². The Balaban J connectivity index is 1.80. The topological polar surface area (TPSA) is 71.3 Å². The minimum atomic E-state index is -2.70. The minimum Gasteiger partial charge on any atom is -0.361 e. The fourth-order valence-electron chi connectivity index (χ4n) is 4.41. The number of nitrogens with zero attached hydrogens (tertiary/aromatic N) is 3. The number of nitrogens with one attached hydrogen (secondary N) is 1. The van der Waals surface area contributed by atoms with Crippen molar-refractivity contribution in [3.8, 4) is 11.1 Å². The average molecular weight is 455 g/mol. The third-order valence-electron chi connectivity index (χ3n) is 6.14. The Bertz CT molecular complexity index is 1170. The van der Waals surface area contributed by atoms with Gasteiger partial charge in [0.1, 0.15) is 11.6 Å². The zero-order chi connectivity index (χ0) is 23.8. The second kappa shape index (κ2) is 8.92. The molecule has 2 aromatic heterocycles. The Morgan fingerprint density at radius 3 is 2.64 bits per heavy atom. The van der Waals surface area contributed by atoms with Crippen molar-refractivity contribution in [2.45, 2.75) is 52.9 Å². The summed E-state index contributed by atoms with van der Waals surface area (Å²) in [4.78, 5) is 20.0. The number of benzene rings is 1. The summed E-state index contributed by atoms with van der Waals surface area (Å²) in [6.07, 6.45) is 1.59. The van der Waals surface area contributed by atoms with Crippen molar-refractivity contribution in [3.63, 3.8) is 0 Å². The number of aryl methyl sites for hydroxylation is 3. The summed E-state index contributed by atoms with van der Waals surface area (Å²) in [6, 6.07) is 7.51. The van der Waals surface area contributed by atoms with Gasteiger partial charge in [-0.05, 0) is 57.4 Å². The molecule has 33 heavy (non-hydrogen) atoms. The summed E-state index contributed by atoms with van der Waals surface area (Å²) in [5.74, 6) is -1.98. The SMILES string of the molecule is Cc1cccc(NC(=O)c2c(N3CCCC(F)(F)CC3)ncc(-c3c(C)noc3C)c2C)c1. The van der Waals surface area contributed by atoms with Crippen molar-refractivity contribution < 1.29 is 18.1 Å². The number of pyridine rings is 1. The number of alkyl halides is 2. The van der Waals surface area contributed by atoms with Gasteiger partial charge in [0.2, 0.25) is 5.92 Å². The number of carbonyl (C=O) groups excluding carboxylic acids is 1. The van der Waals surface area contributed by atoms with E-state index in [1.165, 1.54) is 0 Å². The van der Waals surface area contributed by atoms with Crippen LogP contribution in [0.4, 0.5) is 20.3 Å². The fourth-order valence-corrected chi connectivity index (χ4v) is 4.41. The van der Waals surface area contributed by atoms with Gasteiger partial charge in [-0.2, -0.15) is 0 Å². The van der Waals surface area contributed by atoms with Gasteiger partial charge < -0.3 is 14.7 Å².